The van der Waals surface area contributed by atoms with Gasteiger partial charge < -0.3 is 0 Å². The van der Waals surface area contributed by atoms with Gasteiger partial charge in [-0.25, -0.2) is 8.78 Å². The van der Waals surface area contributed by atoms with Crippen LogP contribution in [0.1, 0.15) is 107 Å². The van der Waals surface area contributed by atoms with Crippen molar-refractivity contribution in [2.75, 3.05) is 0 Å². The van der Waals surface area contributed by atoms with Crippen LogP contribution in [-0.4, -0.2) is 12.3 Å². The summed E-state index contributed by atoms with van der Waals surface area (Å²) >= 11 is 0. The minimum absolute atomic E-state index is 0.0634. The van der Waals surface area contributed by atoms with Gasteiger partial charge in [0.1, 0.15) is 12.3 Å². The molecule has 0 spiro atoms. The van der Waals surface area contributed by atoms with Crippen LogP contribution in [0.2, 0.25) is 0 Å². The van der Waals surface area contributed by atoms with Crippen molar-refractivity contribution in [3.63, 3.8) is 0 Å². The number of hydrogen-bond acceptors (Lipinski definition) is 0. The average molecular weight is 443 g/mol. The molecule has 0 aromatic heterocycles. The highest BCUT2D eigenvalue weighted by molar-refractivity contribution is 5.24. The first-order chi connectivity index (χ1) is 15.5. The molecule has 0 aliphatic heterocycles. The van der Waals surface area contributed by atoms with E-state index in [1.54, 1.807) is 5.56 Å². The van der Waals surface area contributed by atoms with Gasteiger partial charge in [0.25, 0.3) is 0 Å². The van der Waals surface area contributed by atoms with Gasteiger partial charge in [-0.1, -0.05) is 74.9 Å². The minimum Gasteiger partial charge on any atom is -0.247 e. The molecule has 1 aromatic carbocycles. The molecule has 4 rings (SSSR count). The molecular weight excluding hydrogens is 398 g/mol. The largest absolute Gasteiger partial charge is 0.247 e. The van der Waals surface area contributed by atoms with Crippen molar-refractivity contribution < 1.29 is 8.78 Å². The fourth-order valence-corrected chi connectivity index (χ4v) is 6.96. The molecule has 178 valence electrons. The van der Waals surface area contributed by atoms with E-state index in [0.29, 0.717) is 17.9 Å². The van der Waals surface area contributed by atoms with E-state index in [2.05, 4.69) is 37.8 Å². The van der Waals surface area contributed by atoms with Crippen LogP contribution in [0, 0.1) is 30.6 Å². The molecule has 3 aliphatic carbocycles. The highest BCUT2D eigenvalue weighted by Gasteiger charge is 2.39. The van der Waals surface area contributed by atoms with E-state index in [0.717, 1.165) is 30.6 Å². The van der Waals surface area contributed by atoms with E-state index in [1.165, 1.54) is 69.8 Å². The monoisotopic (exact) mass is 442 g/mol. The zero-order chi connectivity index (χ0) is 22.5. The number of allylic oxidation sites excluding steroid dienone is 1. The molecule has 3 saturated carbocycles. The summed E-state index contributed by atoms with van der Waals surface area (Å²) < 4.78 is 28.5. The normalized spacial score (nSPS) is 36.2. The molecule has 0 amide bonds. The Kier molecular flexibility index (Phi) is 8.46. The van der Waals surface area contributed by atoms with Crippen LogP contribution >= 0.6 is 0 Å². The van der Waals surface area contributed by atoms with Crippen LogP contribution in [0.15, 0.2) is 36.4 Å². The summed E-state index contributed by atoms with van der Waals surface area (Å²) in [5.41, 5.74) is 3.38. The first-order valence-electron chi connectivity index (χ1n) is 13.5. The third-order valence-corrected chi connectivity index (χ3v) is 9.21. The van der Waals surface area contributed by atoms with Crippen LogP contribution in [0.3, 0.4) is 0 Å². The lowest BCUT2D eigenvalue weighted by molar-refractivity contribution is 0.0693. The highest BCUT2D eigenvalue weighted by atomic mass is 19.1. The van der Waals surface area contributed by atoms with Crippen molar-refractivity contribution >= 4 is 0 Å². The number of hydrogen-bond donors (Lipinski definition) is 0. The molecule has 0 bridgehead atoms. The molecule has 3 atom stereocenters. The van der Waals surface area contributed by atoms with Gasteiger partial charge in [0.2, 0.25) is 0 Å². The SMILES string of the molecule is C=C1CC(F)C(C2CCC(CCCCC3CCC(c4ccc(C)cc4)CC3)CC2)CC1F. The van der Waals surface area contributed by atoms with E-state index in [1.807, 2.05) is 0 Å². The second kappa shape index (κ2) is 11.3. The quantitative estimate of drug-likeness (QED) is 0.291. The Morgan fingerprint density at radius 3 is 1.97 bits per heavy atom. The predicted molar refractivity (Wildman–Crippen MR) is 131 cm³/mol. The van der Waals surface area contributed by atoms with Crippen molar-refractivity contribution in [3.8, 4) is 0 Å². The Bertz CT molecular complexity index is 707. The smallest absolute Gasteiger partial charge is 0.121 e. The lowest BCUT2D eigenvalue weighted by Crippen LogP contribution is -2.35. The van der Waals surface area contributed by atoms with Crippen LogP contribution < -0.4 is 0 Å². The summed E-state index contributed by atoms with van der Waals surface area (Å²) in [4.78, 5) is 0. The molecule has 1 aromatic rings. The lowest BCUT2D eigenvalue weighted by Gasteiger charge is -2.39. The Labute approximate surface area is 195 Å². The summed E-state index contributed by atoms with van der Waals surface area (Å²) in [7, 11) is 0. The molecule has 3 fully saturated rings. The fraction of sp³-hybridized carbons (Fsp3) is 0.733. The molecular formula is C30H44F2. The molecule has 0 radical (unpaired) electrons. The number of unbranched alkanes of at least 4 members (excludes halogenated alkanes) is 1. The van der Waals surface area contributed by atoms with Gasteiger partial charge in [-0.15, -0.1) is 0 Å². The minimum atomic E-state index is -0.975. The maximum absolute atomic E-state index is 14.5. The summed E-state index contributed by atoms with van der Waals surface area (Å²) in [5, 5.41) is 0. The standard InChI is InChI=1S/C30H44F2/c1-21-7-13-25(14-8-21)26-15-9-23(10-16-26)5-3-4-6-24-11-17-27(18-12-24)28-20-29(31)22(2)19-30(28)32/h7-8,13-14,23-24,26-30H,2-6,9-12,15-20H2,1H3. The molecule has 0 saturated heterocycles. The van der Waals surface area contributed by atoms with E-state index in [4.69, 9.17) is 0 Å². The average Bonchev–Trinajstić information content (AvgIpc) is 2.81. The predicted octanol–water partition coefficient (Wildman–Crippen LogP) is 9.28. The maximum atomic E-state index is 14.5. The van der Waals surface area contributed by atoms with E-state index in [-0.39, 0.29) is 12.3 Å². The van der Waals surface area contributed by atoms with Gasteiger partial charge in [-0.3, -0.25) is 0 Å². The van der Waals surface area contributed by atoms with Crippen molar-refractivity contribution in [2.24, 2.45) is 23.7 Å². The zero-order valence-electron chi connectivity index (χ0n) is 20.2. The topological polar surface area (TPSA) is 0 Å². The second-order valence-electron chi connectivity index (χ2n) is 11.4. The number of alkyl halides is 2. The zero-order valence-corrected chi connectivity index (χ0v) is 20.2. The number of aryl methyl sites for hydroxylation is 1. The van der Waals surface area contributed by atoms with Crippen LogP contribution in [0.4, 0.5) is 8.78 Å². The van der Waals surface area contributed by atoms with Crippen molar-refractivity contribution in [2.45, 2.75) is 115 Å². The third kappa shape index (κ3) is 6.23. The highest BCUT2D eigenvalue weighted by Crippen LogP contribution is 2.44. The first-order valence-corrected chi connectivity index (χ1v) is 13.5. The van der Waals surface area contributed by atoms with E-state index < -0.39 is 12.3 Å². The molecule has 3 aliphatic rings. The Hall–Kier alpha value is -1.18. The van der Waals surface area contributed by atoms with Gasteiger partial charge in [-0.2, -0.15) is 0 Å². The second-order valence-corrected chi connectivity index (χ2v) is 11.4. The Morgan fingerprint density at radius 1 is 0.812 bits per heavy atom. The molecule has 3 unspecified atom stereocenters. The first kappa shape index (κ1) is 24.0. The summed E-state index contributed by atoms with van der Waals surface area (Å²) in [5.74, 6) is 2.87. The van der Waals surface area contributed by atoms with Gasteiger partial charge >= 0.3 is 0 Å². The third-order valence-electron chi connectivity index (χ3n) is 9.21. The van der Waals surface area contributed by atoms with Crippen molar-refractivity contribution in [3.05, 3.63) is 47.5 Å². The molecule has 0 N–H and O–H groups in total. The number of halogens is 2. The molecule has 32 heavy (non-hydrogen) atoms. The molecule has 2 heteroatoms. The fourth-order valence-electron chi connectivity index (χ4n) is 6.96. The van der Waals surface area contributed by atoms with Gasteiger partial charge in [0.15, 0.2) is 0 Å². The van der Waals surface area contributed by atoms with Gasteiger partial charge in [-0.05, 0) is 92.6 Å². The van der Waals surface area contributed by atoms with Gasteiger partial charge in [0, 0.05) is 6.42 Å². The van der Waals surface area contributed by atoms with Gasteiger partial charge in [0.05, 0.1) is 0 Å². The van der Waals surface area contributed by atoms with E-state index >= 15 is 0 Å². The lowest BCUT2D eigenvalue weighted by atomic mass is 9.68. The summed E-state index contributed by atoms with van der Waals surface area (Å²) in [6.45, 7) is 5.89. The summed E-state index contributed by atoms with van der Waals surface area (Å²) in [6.07, 6.45) is 14.5. The number of rotatable bonds is 7. The van der Waals surface area contributed by atoms with Crippen LogP contribution in [0.5, 0.6) is 0 Å². The van der Waals surface area contributed by atoms with E-state index in [9.17, 15) is 8.78 Å². The maximum Gasteiger partial charge on any atom is 0.121 e. The van der Waals surface area contributed by atoms with Crippen molar-refractivity contribution in [1.82, 2.24) is 0 Å². The summed E-state index contributed by atoms with van der Waals surface area (Å²) in [6, 6.07) is 9.19. The van der Waals surface area contributed by atoms with Crippen LogP contribution in [-0.2, 0) is 0 Å². The van der Waals surface area contributed by atoms with Crippen LogP contribution in [0.25, 0.3) is 0 Å². The molecule has 0 heterocycles. The Balaban J connectivity index is 1.09. The number of benzene rings is 1. The van der Waals surface area contributed by atoms with Crippen molar-refractivity contribution in [1.29, 1.82) is 0 Å². The molecule has 0 nitrogen and oxygen atoms in total. The Morgan fingerprint density at radius 2 is 1.38 bits per heavy atom.